The van der Waals surface area contributed by atoms with Crippen LogP contribution < -0.4 is 10.1 Å². The minimum Gasteiger partial charge on any atom is -0.484 e. The highest BCUT2D eigenvalue weighted by Crippen LogP contribution is 2.21. The first-order valence-corrected chi connectivity index (χ1v) is 10.2. The Bertz CT molecular complexity index is 844. The van der Waals surface area contributed by atoms with Gasteiger partial charge < -0.3 is 15.0 Å². The fraction of sp³-hybridized carbons (Fsp3) is 0.333. The number of hydrogen-bond acceptors (Lipinski definition) is 3. The Morgan fingerprint density at radius 3 is 2.64 bits per heavy atom. The number of carbonyl (C=O) groups is 2. The molecule has 2 aromatic rings. The van der Waals surface area contributed by atoms with Crippen LogP contribution in [0.4, 0.5) is 0 Å². The standard InChI is InChI=1S/C21H24BrClN2O3/c1-4-24-21(27)15(3)25(12-16-6-5-7-17(22)11-16)20(26)13-28-18-8-9-19(23)14(2)10-18/h5-11,15H,4,12-13H2,1-3H3,(H,24,27)/t15-/m1/s1. The number of rotatable bonds is 8. The molecule has 2 rings (SSSR count). The van der Waals surface area contributed by atoms with Crippen molar-refractivity contribution in [1.82, 2.24) is 10.2 Å². The summed E-state index contributed by atoms with van der Waals surface area (Å²) in [5.41, 5.74) is 1.79. The molecule has 1 atom stereocenters. The minimum atomic E-state index is -0.623. The molecule has 0 aromatic heterocycles. The smallest absolute Gasteiger partial charge is 0.261 e. The first-order valence-electron chi connectivity index (χ1n) is 9.02. The largest absolute Gasteiger partial charge is 0.484 e. The number of benzene rings is 2. The van der Waals surface area contributed by atoms with Crippen LogP contribution in [0.3, 0.4) is 0 Å². The van der Waals surface area contributed by atoms with Gasteiger partial charge in [0.15, 0.2) is 6.61 Å². The summed E-state index contributed by atoms with van der Waals surface area (Å²) in [6.07, 6.45) is 0. The lowest BCUT2D eigenvalue weighted by Gasteiger charge is -2.28. The molecule has 0 saturated carbocycles. The van der Waals surface area contributed by atoms with Gasteiger partial charge in [0.2, 0.25) is 5.91 Å². The Balaban J connectivity index is 2.15. The molecule has 2 aromatic carbocycles. The van der Waals surface area contributed by atoms with Gasteiger partial charge >= 0.3 is 0 Å². The van der Waals surface area contributed by atoms with Crippen molar-refractivity contribution in [2.45, 2.75) is 33.4 Å². The van der Waals surface area contributed by atoms with E-state index in [1.54, 1.807) is 25.1 Å². The van der Waals surface area contributed by atoms with Crippen LogP contribution in [0.15, 0.2) is 46.9 Å². The zero-order chi connectivity index (χ0) is 20.7. The molecule has 0 fully saturated rings. The molecule has 150 valence electrons. The van der Waals surface area contributed by atoms with Crippen LogP contribution in [-0.4, -0.2) is 35.9 Å². The van der Waals surface area contributed by atoms with Crippen molar-refractivity contribution in [3.63, 3.8) is 0 Å². The van der Waals surface area contributed by atoms with E-state index in [0.29, 0.717) is 23.9 Å². The van der Waals surface area contributed by atoms with E-state index in [1.807, 2.05) is 38.1 Å². The van der Waals surface area contributed by atoms with Crippen LogP contribution in [0.5, 0.6) is 5.75 Å². The fourth-order valence-corrected chi connectivity index (χ4v) is 3.24. The molecule has 0 heterocycles. The summed E-state index contributed by atoms with van der Waals surface area (Å²) in [5, 5.41) is 3.41. The van der Waals surface area contributed by atoms with Gasteiger partial charge in [-0.05, 0) is 62.2 Å². The number of carbonyl (C=O) groups excluding carboxylic acids is 2. The average Bonchev–Trinajstić information content (AvgIpc) is 2.66. The highest BCUT2D eigenvalue weighted by atomic mass is 79.9. The van der Waals surface area contributed by atoms with Crippen molar-refractivity contribution >= 4 is 39.3 Å². The van der Waals surface area contributed by atoms with Crippen LogP contribution in [0.25, 0.3) is 0 Å². The molecule has 0 aliphatic carbocycles. The molecule has 2 amide bonds. The Morgan fingerprint density at radius 1 is 1.25 bits per heavy atom. The maximum atomic E-state index is 12.9. The minimum absolute atomic E-state index is 0.168. The Hall–Kier alpha value is -2.05. The molecular weight excluding hydrogens is 444 g/mol. The Morgan fingerprint density at radius 2 is 2.00 bits per heavy atom. The van der Waals surface area contributed by atoms with Crippen LogP contribution in [0.1, 0.15) is 25.0 Å². The van der Waals surface area contributed by atoms with Crippen molar-refractivity contribution in [3.05, 3.63) is 63.1 Å². The predicted molar refractivity (Wildman–Crippen MR) is 115 cm³/mol. The van der Waals surface area contributed by atoms with E-state index < -0.39 is 6.04 Å². The van der Waals surface area contributed by atoms with Crippen molar-refractivity contribution in [2.75, 3.05) is 13.2 Å². The molecule has 0 saturated heterocycles. The van der Waals surface area contributed by atoms with Gasteiger partial charge in [-0.1, -0.05) is 39.7 Å². The Kier molecular flexibility index (Phi) is 8.33. The number of hydrogen-bond donors (Lipinski definition) is 1. The quantitative estimate of drug-likeness (QED) is 0.628. The van der Waals surface area contributed by atoms with E-state index in [9.17, 15) is 9.59 Å². The molecular formula is C21H24BrClN2O3. The number of aryl methyl sites for hydroxylation is 1. The van der Waals surface area contributed by atoms with Gasteiger partial charge in [0.25, 0.3) is 5.91 Å². The van der Waals surface area contributed by atoms with E-state index in [4.69, 9.17) is 16.3 Å². The van der Waals surface area contributed by atoms with Gasteiger partial charge in [-0.15, -0.1) is 0 Å². The monoisotopic (exact) mass is 466 g/mol. The summed E-state index contributed by atoms with van der Waals surface area (Å²) in [5.74, 6) is 0.0860. The molecule has 7 heteroatoms. The molecule has 0 unspecified atom stereocenters. The van der Waals surface area contributed by atoms with Gasteiger partial charge in [0, 0.05) is 22.6 Å². The van der Waals surface area contributed by atoms with Gasteiger partial charge in [-0.25, -0.2) is 0 Å². The summed E-state index contributed by atoms with van der Waals surface area (Å²) < 4.78 is 6.56. The lowest BCUT2D eigenvalue weighted by Crippen LogP contribution is -2.49. The van der Waals surface area contributed by atoms with Gasteiger partial charge in [0.1, 0.15) is 11.8 Å². The zero-order valence-electron chi connectivity index (χ0n) is 16.2. The second-order valence-corrected chi connectivity index (χ2v) is 7.74. The molecule has 5 nitrogen and oxygen atoms in total. The average molecular weight is 468 g/mol. The first-order chi connectivity index (χ1) is 13.3. The van der Waals surface area contributed by atoms with E-state index in [1.165, 1.54) is 4.90 Å². The van der Waals surface area contributed by atoms with Crippen molar-refractivity contribution < 1.29 is 14.3 Å². The third-order valence-corrected chi connectivity index (χ3v) is 5.17. The third kappa shape index (κ3) is 6.24. The molecule has 0 aliphatic rings. The normalized spacial score (nSPS) is 11.6. The summed E-state index contributed by atoms with van der Waals surface area (Å²) >= 11 is 9.46. The highest BCUT2D eigenvalue weighted by Gasteiger charge is 2.26. The number of nitrogens with zero attached hydrogens (tertiary/aromatic N) is 1. The molecule has 0 spiro atoms. The number of nitrogens with one attached hydrogen (secondary N) is 1. The molecule has 0 bridgehead atoms. The van der Waals surface area contributed by atoms with Crippen LogP contribution in [0, 0.1) is 6.92 Å². The number of amides is 2. The highest BCUT2D eigenvalue weighted by molar-refractivity contribution is 9.10. The van der Waals surface area contributed by atoms with Crippen LogP contribution >= 0.6 is 27.5 Å². The summed E-state index contributed by atoms with van der Waals surface area (Å²) in [7, 11) is 0. The maximum Gasteiger partial charge on any atom is 0.261 e. The lowest BCUT2D eigenvalue weighted by atomic mass is 10.1. The second kappa shape index (κ2) is 10.5. The molecule has 0 aliphatic heterocycles. The van der Waals surface area contributed by atoms with E-state index in [0.717, 1.165) is 15.6 Å². The zero-order valence-corrected chi connectivity index (χ0v) is 18.5. The van der Waals surface area contributed by atoms with E-state index in [2.05, 4.69) is 21.2 Å². The van der Waals surface area contributed by atoms with Crippen molar-refractivity contribution in [3.8, 4) is 5.75 Å². The summed E-state index contributed by atoms with van der Waals surface area (Å²) in [4.78, 5) is 26.7. The molecule has 0 radical (unpaired) electrons. The van der Waals surface area contributed by atoms with Gasteiger partial charge in [-0.2, -0.15) is 0 Å². The van der Waals surface area contributed by atoms with E-state index >= 15 is 0 Å². The van der Waals surface area contributed by atoms with Gasteiger partial charge in [0.05, 0.1) is 0 Å². The topological polar surface area (TPSA) is 58.6 Å². The van der Waals surface area contributed by atoms with Crippen LogP contribution in [-0.2, 0) is 16.1 Å². The molecule has 28 heavy (non-hydrogen) atoms. The van der Waals surface area contributed by atoms with Crippen molar-refractivity contribution in [1.29, 1.82) is 0 Å². The van der Waals surface area contributed by atoms with Crippen molar-refractivity contribution in [2.24, 2.45) is 0 Å². The third-order valence-electron chi connectivity index (χ3n) is 4.25. The molecule has 1 N–H and O–H groups in total. The SMILES string of the molecule is CCNC(=O)[C@@H](C)N(Cc1cccc(Br)c1)C(=O)COc1ccc(Cl)c(C)c1. The van der Waals surface area contributed by atoms with Crippen LogP contribution in [0.2, 0.25) is 5.02 Å². The Labute approximate surface area is 179 Å². The van der Waals surface area contributed by atoms with Gasteiger partial charge in [-0.3, -0.25) is 9.59 Å². The number of likely N-dealkylation sites (N-methyl/N-ethyl adjacent to an activating group) is 1. The van der Waals surface area contributed by atoms with E-state index in [-0.39, 0.29) is 18.4 Å². The lowest BCUT2D eigenvalue weighted by molar-refractivity contribution is -0.142. The fourth-order valence-electron chi connectivity index (χ4n) is 2.67. The predicted octanol–water partition coefficient (Wildman–Crippen LogP) is 4.34. The number of halogens is 2. The maximum absolute atomic E-state index is 12.9. The second-order valence-electron chi connectivity index (χ2n) is 6.42. The first kappa shape index (κ1) is 22.2. The summed E-state index contributed by atoms with van der Waals surface area (Å²) in [6, 6.07) is 12.2. The summed E-state index contributed by atoms with van der Waals surface area (Å²) in [6.45, 7) is 6.07. The number of ether oxygens (including phenoxy) is 1.